The number of aromatic nitrogens is 4. The van der Waals surface area contributed by atoms with E-state index < -0.39 is 5.25 Å². The highest BCUT2D eigenvalue weighted by Gasteiger charge is 2.22. The third kappa shape index (κ3) is 4.24. The number of fused-ring (bicyclic) bond motifs is 2. The van der Waals surface area contributed by atoms with Gasteiger partial charge >= 0.3 is 0 Å². The van der Waals surface area contributed by atoms with Crippen molar-refractivity contribution in [1.82, 2.24) is 19.5 Å². The Balaban J connectivity index is 1.50. The number of rotatable bonds is 5. The fourth-order valence-corrected chi connectivity index (χ4v) is 5.16. The van der Waals surface area contributed by atoms with E-state index in [1.807, 2.05) is 49.4 Å². The molecule has 0 aliphatic carbocycles. The minimum Gasteiger partial charge on any atom is -0.301 e. The van der Waals surface area contributed by atoms with Crippen LogP contribution in [0.25, 0.3) is 26.9 Å². The summed E-state index contributed by atoms with van der Waals surface area (Å²) in [5, 5.41) is 3.80. The van der Waals surface area contributed by atoms with Crippen LogP contribution in [0.1, 0.15) is 12.5 Å². The first-order valence-corrected chi connectivity index (χ1v) is 12.0. The molecule has 1 unspecified atom stereocenters. The standard InChI is InChI=1S/C24H19N5O2S2/c1-14-11-12-25-20(13-14)29-22(31)16-7-3-4-8-17(16)27-24(29)32-15(2)21(30)28-23-26-18-9-5-6-10-19(18)33-23/h3-13,15H,1-2H3,(H,26,28,30). The summed E-state index contributed by atoms with van der Waals surface area (Å²) in [6.45, 7) is 3.72. The first-order chi connectivity index (χ1) is 16.0. The van der Waals surface area contributed by atoms with E-state index in [1.54, 1.807) is 31.3 Å². The first kappa shape index (κ1) is 21.3. The first-order valence-electron chi connectivity index (χ1n) is 10.3. The summed E-state index contributed by atoms with van der Waals surface area (Å²) in [6.07, 6.45) is 1.66. The third-order valence-electron chi connectivity index (χ3n) is 5.05. The van der Waals surface area contributed by atoms with Crippen LogP contribution in [0.3, 0.4) is 0 Å². The van der Waals surface area contributed by atoms with E-state index in [1.165, 1.54) is 27.7 Å². The van der Waals surface area contributed by atoms with Crippen molar-refractivity contribution in [3.8, 4) is 5.82 Å². The second-order valence-corrected chi connectivity index (χ2v) is 9.82. The van der Waals surface area contributed by atoms with E-state index >= 15 is 0 Å². The Morgan fingerprint density at radius 2 is 1.82 bits per heavy atom. The number of anilines is 1. The van der Waals surface area contributed by atoms with Gasteiger partial charge in [0.15, 0.2) is 10.3 Å². The minimum atomic E-state index is -0.527. The average molecular weight is 474 g/mol. The lowest BCUT2D eigenvalue weighted by Crippen LogP contribution is -2.26. The number of carbonyl (C=O) groups is 1. The van der Waals surface area contributed by atoms with Crippen LogP contribution in [0.15, 0.2) is 76.8 Å². The SMILES string of the molecule is Cc1ccnc(-n2c(SC(C)C(=O)Nc3nc4ccccc4s3)nc3ccccc3c2=O)c1. The molecular weight excluding hydrogens is 454 g/mol. The van der Waals surface area contributed by atoms with Crippen LogP contribution in [0.4, 0.5) is 5.13 Å². The number of hydrogen-bond acceptors (Lipinski definition) is 7. The van der Waals surface area contributed by atoms with Gasteiger partial charge in [0.1, 0.15) is 5.82 Å². The molecular formula is C24H19N5O2S2. The van der Waals surface area contributed by atoms with Crippen molar-refractivity contribution in [1.29, 1.82) is 0 Å². The van der Waals surface area contributed by atoms with Crippen molar-refractivity contribution in [3.63, 3.8) is 0 Å². The molecule has 1 atom stereocenters. The number of amides is 1. The number of para-hydroxylation sites is 2. The molecule has 1 amide bonds. The maximum Gasteiger partial charge on any atom is 0.267 e. The fourth-order valence-electron chi connectivity index (χ4n) is 3.38. The molecule has 2 aromatic carbocycles. The van der Waals surface area contributed by atoms with Crippen molar-refractivity contribution in [2.75, 3.05) is 5.32 Å². The quantitative estimate of drug-likeness (QED) is 0.291. The average Bonchev–Trinajstić information content (AvgIpc) is 3.21. The van der Waals surface area contributed by atoms with E-state index in [-0.39, 0.29) is 11.5 Å². The number of hydrogen-bond donors (Lipinski definition) is 1. The van der Waals surface area contributed by atoms with Gasteiger partial charge in [0.25, 0.3) is 5.56 Å². The van der Waals surface area contributed by atoms with Crippen molar-refractivity contribution >= 4 is 55.3 Å². The Hall–Kier alpha value is -3.56. The molecule has 7 nitrogen and oxygen atoms in total. The van der Waals surface area contributed by atoms with Gasteiger partial charge < -0.3 is 5.32 Å². The summed E-state index contributed by atoms with van der Waals surface area (Å²) >= 11 is 2.63. The van der Waals surface area contributed by atoms with Gasteiger partial charge in [-0.25, -0.2) is 19.5 Å². The number of carbonyl (C=O) groups excluding carboxylic acids is 1. The summed E-state index contributed by atoms with van der Waals surface area (Å²) < 4.78 is 2.48. The van der Waals surface area contributed by atoms with Gasteiger partial charge in [-0.2, -0.15) is 0 Å². The lowest BCUT2D eigenvalue weighted by atomic mass is 10.2. The summed E-state index contributed by atoms with van der Waals surface area (Å²) in [5.74, 6) is 0.254. The highest BCUT2D eigenvalue weighted by Crippen LogP contribution is 2.28. The van der Waals surface area contributed by atoms with Gasteiger partial charge in [-0.1, -0.05) is 47.4 Å². The molecule has 164 valence electrons. The number of thioether (sulfide) groups is 1. The van der Waals surface area contributed by atoms with Crippen LogP contribution in [0.2, 0.25) is 0 Å². The van der Waals surface area contributed by atoms with Gasteiger partial charge in [-0.15, -0.1) is 0 Å². The number of aryl methyl sites for hydroxylation is 1. The summed E-state index contributed by atoms with van der Waals surface area (Å²) in [4.78, 5) is 39.9. The lowest BCUT2D eigenvalue weighted by Gasteiger charge is -2.15. The molecule has 3 aromatic heterocycles. The maximum atomic E-state index is 13.4. The Labute approximate surface area is 197 Å². The predicted octanol–water partition coefficient (Wildman–Crippen LogP) is 4.82. The predicted molar refractivity (Wildman–Crippen MR) is 133 cm³/mol. The van der Waals surface area contributed by atoms with Crippen LogP contribution in [0, 0.1) is 6.92 Å². The largest absolute Gasteiger partial charge is 0.301 e. The number of thiazole rings is 1. The Bertz CT molecular complexity index is 1530. The summed E-state index contributed by atoms with van der Waals surface area (Å²) in [7, 11) is 0. The fraction of sp³-hybridized carbons (Fsp3) is 0.125. The molecule has 0 spiro atoms. The molecule has 9 heteroatoms. The second-order valence-electron chi connectivity index (χ2n) is 7.48. The molecule has 33 heavy (non-hydrogen) atoms. The van der Waals surface area contributed by atoms with Gasteiger partial charge in [0.05, 0.1) is 26.4 Å². The van der Waals surface area contributed by atoms with Crippen molar-refractivity contribution in [3.05, 3.63) is 82.8 Å². The molecule has 3 heterocycles. The van der Waals surface area contributed by atoms with Gasteiger partial charge in [0.2, 0.25) is 5.91 Å². The molecule has 1 N–H and O–H groups in total. The summed E-state index contributed by atoms with van der Waals surface area (Å²) in [5.41, 5.74) is 2.17. The van der Waals surface area contributed by atoms with Gasteiger partial charge in [-0.3, -0.25) is 9.59 Å². The van der Waals surface area contributed by atoms with E-state index in [0.717, 1.165) is 15.8 Å². The lowest BCUT2D eigenvalue weighted by molar-refractivity contribution is -0.115. The molecule has 0 bridgehead atoms. The van der Waals surface area contributed by atoms with E-state index in [4.69, 9.17) is 4.98 Å². The van der Waals surface area contributed by atoms with Crippen LogP contribution in [-0.2, 0) is 4.79 Å². The Kier molecular flexibility index (Phi) is 5.65. The Morgan fingerprint density at radius 3 is 2.61 bits per heavy atom. The number of benzene rings is 2. The third-order valence-corrected chi connectivity index (χ3v) is 7.05. The van der Waals surface area contributed by atoms with Gasteiger partial charge in [0, 0.05) is 6.20 Å². The molecule has 5 rings (SSSR count). The number of pyridine rings is 1. The zero-order chi connectivity index (χ0) is 22.9. The van der Waals surface area contributed by atoms with Crippen LogP contribution in [-0.4, -0.2) is 30.7 Å². The van der Waals surface area contributed by atoms with E-state index in [9.17, 15) is 9.59 Å². The molecule has 0 fully saturated rings. The summed E-state index contributed by atoms with van der Waals surface area (Å²) in [6, 6.07) is 18.6. The maximum absolute atomic E-state index is 13.4. The molecule has 0 aliphatic heterocycles. The van der Waals surface area contributed by atoms with Crippen LogP contribution >= 0.6 is 23.1 Å². The molecule has 0 aliphatic rings. The van der Waals surface area contributed by atoms with Crippen LogP contribution in [0.5, 0.6) is 0 Å². The number of nitrogens with one attached hydrogen (secondary N) is 1. The van der Waals surface area contributed by atoms with Crippen molar-refractivity contribution in [2.45, 2.75) is 24.3 Å². The smallest absolute Gasteiger partial charge is 0.267 e. The van der Waals surface area contributed by atoms with Crippen molar-refractivity contribution < 1.29 is 4.79 Å². The van der Waals surface area contributed by atoms with E-state index in [0.29, 0.717) is 27.0 Å². The Morgan fingerprint density at radius 1 is 1.06 bits per heavy atom. The topological polar surface area (TPSA) is 89.8 Å². The highest BCUT2D eigenvalue weighted by atomic mass is 32.2. The minimum absolute atomic E-state index is 0.217. The monoisotopic (exact) mass is 473 g/mol. The van der Waals surface area contributed by atoms with Gasteiger partial charge in [-0.05, 0) is 55.8 Å². The van der Waals surface area contributed by atoms with E-state index in [2.05, 4.69) is 15.3 Å². The van der Waals surface area contributed by atoms with Crippen molar-refractivity contribution in [2.24, 2.45) is 0 Å². The molecule has 5 aromatic rings. The molecule has 0 radical (unpaired) electrons. The molecule has 0 saturated carbocycles. The van der Waals surface area contributed by atoms with Crippen LogP contribution < -0.4 is 10.9 Å². The number of nitrogens with zero attached hydrogens (tertiary/aromatic N) is 4. The zero-order valence-electron chi connectivity index (χ0n) is 17.9. The normalized spacial score (nSPS) is 12.2. The zero-order valence-corrected chi connectivity index (χ0v) is 19.5. The highest BCUT2D eigenvalue weighted by molar-refractivity contribution is 8.00. The second kappa shape index (κ2) is 8.76. The molecule has 0 saturated heterocycles.